The third kappa shape index (κ3) is 2.41. The van der Waals surface area contributed by atoms with Crippen molar-refractivity contribution in [2.45, 2.75) is 19.4 Å². The van der Waals surface area contributed by atoms with Gasteiger partial charge in [0.15, 0.2) is 0 Å². The number of hydrogen-bond donors (Lipinski definition) is 0. The molecule has 0 fully saturated rings. The van der Waals surface area contributed by atoms with Gasteiger partial charge in [-0.1, -0.05) is 47.2 Å². The molecule has 132 valence electrons. The fourth-order valence-corrected chi connectivity index (χ4v) is 3.51. The molecule has 2 heterocycles. The molecule has 1 unspecified atom stereocenters. The molecule has 0 radical (unpaired) electrons. The third-order valence-electron chi connectivity index (χ3n) is 4.96. The van der Waals surface area contributed by atoms with E-state index in [-0.39, 0.29) is 0 Å². The summed E-state index contributed by atoms with van der Waals surface area (Å²) in [5, 5.41) is 8.39. The number of nitrogens with zero attached hydrogens (tertiary/aromatic N) is 3. The lowest BCUT2D eigenvalue weighted by atomic mass is 9.87. The number of aromatic nitrogens is 3. The van der Waals surface area contributed by atoms with Gasteiger partial charge in [-0.25, -0.2) is 4.68 Å². The van der Waals surface area contributed by atoms with Crippen LogP contribution in [0.4, 0.5) is 0 Å². The first-order valence-corrected chi connectivity index (χ1v) is 8.69. The Morgan fingerprint density at radius 1 is 1.00 bits per heavy atom. The standard InChI is InChI=1S/C21H15N3O3/c1-12-6-8-13(9-7-12)24-11-17(22-23-24)18-10-16-20(26)19(25)14-4-2-3-5-15(14)21(16)27-18/h2-9,11,18H,10H2,1H3. The highest BCUT2D eigenvalue weighted by molar-refractivity contribution is 6.52. The first-order chi connectivity index (χ1) is 13.1. The first-order valence-electron chi connectivity index (χ1n) is 8.69. The highest BCUT2D eigenvalue weighted by Crippen LogP contribution is 2.44. The number of ketones is 2. The average Bonchev–Trinajstić information content (AvgIpc) is 3.34. The lowest BCUT2D eigenvalue weighted by Gasteiger charge is -2.15. The molecule has 5 rings (SSSR count). The number of rotatable bonds is 2. The summed E-state index contributed by atoms with van der Waals surface area (Å²) in [6, 6.07) is 15.0. The van der Waals surface area contributed by atoms with E-state index >= 15 is 0 Å². The minimum atomic E-state index is -0.489. The van der Waals surface area contributed by atoms with Gasteiger partial charge in [0.25, 0.3) is 0 Å². The second-order valence-corrected chi connectivity index (χ2v) is 6.75. The van der Waals surface area contributed by atoms with Gasteiger partial charge >= 0.3 is 0 Å². The fourth-order valence-electron chi connectivity index (χ4n) is 3.51. The van der Waals surface area contributed by atoms with Gasteiger partial charge in [-0.3, -0.25) is 9.59 Å². The van der Waals surface area contributed by atoms with Crippen LogP contribution in [0.15, 0.2) is 60.3 Å². The second-order valence-electron chi connectivity index (χ2n) is 6.75. The third-order valence-corrected chi connectivity index (χ3v) is 4.96. The van der Waals surface area contributed by atoms with E-state index in [1.807, 2.05) is 37.3 Å². The van der Waals surface area contributed by atoms with Gasteiger partial charge in [-0.05, 0) is 19.1 Å². The summed E-state index contributed by atoms with van der Waals surface area (Å²) in [5.74, 6) is -0.473. The summed E-state index contributed by atoms with van der Waals surface area (Å²) >= 11 is 0. The van der Waals surface area contributed by atoms with Crippen molar-refractivity contribution in [3.63, 3.8) is 0 Å². The maximum absolute atomic E-state index is 12.5. The molecule has 0 saturated carbocycles. The molecule has 1 aliphatic carbocycles. The van der Waals surface area contributed by atoms with E-state index in [0.29, 0.717) is 34.6 Å². The Kier molecular flexibility index (Phi) is 3.33. The number of Topliss-reactive ketones (excluding diaryl/α,β-unsaturated/α-hetero) is 2. The van der Waals surface area contributed by atoms with Gasteiger partial charge in [-0.15, -0.1) is 5.10 Å². The SMILES string of the molecule is Cc1ccc(-n2cc(C3CC4=C(O3)c3ccccc3C(=O)C4=O)nn2)cc1. The van der Waals surface area contributed by atoms with Gasteiger partial charge in [0.1, 0.15) is 17.6 Å². The zero-order valence-corrected chi connectivity index (χ0v) is 14.5. The van der Waals surface area contributed by atoms with Crippen molar-refractivity contribution in [2.24, 2.45) is 0 Å². The summed E-state index contributed by atoms with van der Waals surface area (Å²) in [6.45, 7) is 2.02. The molecule has 3 aromatic rings. The molecule has 0 bridgehead atoms. The van der Waals surface area contributed by atoms with E-state index in [1.165, 1.54) is 0 Å². The highest BCUT2D eigenvalue weighted by atomic mass is 16.5. The Balaban J connectivity index is 1.47. The molecule has 2 aromatic carbocycles. The minimum absolute atomic E-state index is 0.320. The highest BCUT2D eigenvalue weighted by Gasteiger charge is 2.41. The second kappa shape index (κ2) is 5.74. The van der Waals surface area contributed by atoms with Crippen LogP contribution in [0.1, 0.15) is 39.7 Å². The molecule has 27 heavy (non-hydrogen) atoms. The molecule has 2 aliphatic rings. The van der Waals surface area contributed by atoms with E-state index < -0.39 is 17.7 Å². The molecule has 0 amide bonds. The van der Waals surface area contributed by atoms with Crippen LogP contribution in [0.5, 0.6) is 0 Å². The van der Waals surface area contributed by atoms with Crippen LogP contribution in [0.2, 0.25) is 0 Å². The number of benzene rings is 2. The summed E-state index contributed by atoms with van der Waals surface area (Å²) in [4.78, 5) is 24.8. The fraction of sp³-hybridized carbons (Fsp3) is 0.143. The van der Waals surface area contributed by atoms with Gasteiger partial charge in [0, 0.05) is 17.5 Å². The van der Waals surface area contributed by atoms with Crippen LogP contribution >= 0.6 is 0 Å². The average molecular weight is 357 g/mol. The van der Waals surface area contributed by atoms with Crippen LogP contribution in [-0.4, -0.2) is 26.6 Å². The number of fused-ring (bicyclic) bond motifs is 2. The van der Waals surface area contributed by atoms with E-state index in [4.69, 9.17) is 4.74 Å². The van der Waals surface area contributed by atoms with Crippen molar-refractivity contribution in [1.29, 1.82) is 0 Å². The Morgan fingerprint density at radius 2 is 1.74 bits per heavy atom. The number of carbonyl (C=O) groups excluding carboxylic acids is 2. The molecular weight excluding hydrogens is 342 g/mol. The Labute approximate surface area is 155 Å². The lowest BCUT2D eigenvalue weighted by Crippen LogP contribution is -2.22. The van der Waals surface area contributed by atoms with E-state index in [0.717, 1.165) is 11.3 Å². The monoisotopic (exact) mass is 357 g/mol. The lowest BCUT2D eigenvalue weighted by molar-refractivity contribution is -0.112. The van der Waals surface area contributed by atoms with Gasteiger partial charge in [0.05, 0.1) is 17.5 Å². The summed E-state index contributed by atoms with van der Waals surface area (Å²) in [6.07, 6.45) is 1.68. The number of carbonyl (C=O) groups is 2. The van der Waals surface area contributed by atoms with Crippen molar-refractivity contribution in [3.8, 4) is 5.69 Å². The van der Waals surface area contributed by atoms with E-state index in [2.05, 4.69) is 10.3 Å². The molecule has 1 aromatic heterocycles. The van der Waals surface area contributed by atoms with E-state index in [1.54, 1.807) is 29.1 Å². The minimum Gasteiger partial charge on any atom is -0.483 e. The van der Waals surface area contributed by atoms with Crippen LogP contribution < -0.4 is 0 Å². The maximum Gasteiger partial charge on any atom is 0.234 e. The molecule has 0 N–H and O–H groups in total. The first kappa shape index (κ1) is 15.7. The zero-order chi connectivity index (χ0) is 18.5. The Bertz CT molecular complexity index is 1130. The molecule has 0 saturated heterocycles. The Morgan fingerprint density at radius 3 is 2.52 bits per heavy atom. The largest absolute Gasteiger partial charge is 0.483 e. The van der Waals surface area contributed by atoms with Gasteiger partial charge in [-0.2, -0.15) is 0 Å². The number of hydrogen-bond acceptors (Lipinski definition) is 5. The van der Waals surface area contributed by atoms with E-state index in [9.17, 15) is 9.59 Å². The van der Waals surface area contributed by atoms with Crippen molar-refractivity contribution in [1.82, 2.24) is 15.0 Å². The van der Waals surface area contributed by atoms with Crippen LogP contribution in [0.25, 0.3) is 11.4 Å². The van der Waals surface area contributed by atoms with Crippen LogP contribution in [0.3, 0.4) is 0 Å². The topological polar surface area (TPSA) is 74.1 Å². The molecular formula is C21H15N3O3. The summed E-state index contributed by atoms with van der Waals surface area (Å²) < 4.78 is 7.73. The van der Waals surface area contributed by atoms with Crippen LogP contribution in [0, 0.1) is 6.92 Å². The molecule has 1 aliphatic heterocycles. The maximum atomic E-state index is 12.5. The van der Waals surface area contributed by atoms with Crippen molar-refractivity contribution in [3.05, 3.63) is 82.7 Å². The molecule has 6 heteroatoms. The summed E-state index contributed by atoms with van der Waals surface area (Å²) in [5.41, 5.74) is 4.18. The number of aryl methyl sites for hydroxylation is 1. The predicted molar refractivity (Wildman–Crippen MR) is 97.2 cm³/mol. The number of ether oxygens (including phenoxy) is 1. The molecule has 0 spiro atoms. The quantitative estimate of drug-likeness (QED) is 0.659. The zero-order valence-electron chi connectivity index (χ0n) is 14.5. The molecule has 6 nitrogen and oxygen atoms in total. The normalized spacial score (nSPS) is 18.3. The van der Waals surface area contributed by atoms with Crippen molar-refractivity contribution in [2.75, 3.05) is 0 Å². The van der Waals surface area contributed by atoms with Crippen LogP contribution in [-0.2, 0) is 9.53 Å². The molecule has 1 atom stereocenters. The van der Waals surface area contributed by atoms with Crippen molar-refractivity contribution >= 4 is 17.3 Å². The Hall–Kier alpha value is -3.54. The van der Waals surface area contributed by atoms with Gasteiger partial charge < -0.3 is 4.74 Å². The summed E-state index contributed by atoms with van der Waals surface area (Å²) in [7, 11) is 0. The predicted octanol–water partition coefficient (Wildman–Crippen LogP) is 3.21. The van der Waals surface area contributed by atoms with Crippen molar-refractivity contribution < 1.29 is 14.3 Å². The smallest absolute Gasteiger partial charge is 0.234 e. The van der Waals surface area contributed by atoms with Gasteiger partial charge in [0.2, 0.25) is 11.6 Å².